The number of hydrogen-bond acceptors (Lipinski definition) is 6. The number of methoxy groups -OCH3 is 2. The van der Waals surface area contributed by atoms with E-state index in [-0.39, 0.29) is 40.9 Å². The largest absolute Gasteiger partial charge is 0.493 e. The van der Waals surface area contributed by atoms with E-state index in [2.05, 4.69) is 5.32 Å². The number of carbonyl (C=O) groups is 2. The molecule has 1 N–H and O–H groups in total. The number of rotatable bonds is 15. The highest BCUT2D eigenvalue weighted by Gasteiger charge is 2.35. The number of halogens is 2. The molecule has 0 saturated heterocycles. The Morgan fingerprint density at radius 2 is 1.54 bits per heavy atom. The highest BCUT2D eigenvalue weighted by molar-refractivity contribution is 7.92. The lowest BCUT2D eigenvalue weighted by Crippen LogP contribution is -2.54. The van der Waals surface area contributed by atoms with Crippen LogP contribution in [0.5, 0.6) is 11.5 Å². The standard InChI is InChI=1S/C36H39ClFN3O6S/c1-5-25(2)39-36(43)32(21-26-11-7-6-8-12-26)40(23-27-13-9-10-14-31(27)38)35(42)24-41(29-17-15-28(37)16-18-29)48(44,45)30-19-20-33(46-3)34(22-30)47-4/h6-20,22,25,32H,5,21,23-24H2,1-4H3,(H,39,43)/t25-,32+/m0/s1. The van der Waals surface area contributed by atoms with E-state index in [1.54, 1.807) is 6.07 Å². The summed E-state index contributed by atoms with van der Waals surface area (Å²) in [4.78, 5) is 29.5. The van der Waals surface area contributed by atoms with E-state index >= 15 is 4.39 Å². The molecule has 2 amide bonds. The van der Waals surface area contributed by atoms with Gasteiger partial charge in [-0.25, -0.2) is 12.8 Å². The van der Waals surface area contributed by atoms with Gasteiger partial charge in [-0.15, -0.1) is 0 Å². The number of hydrogen-bond donors (Lipinski definition) is 1. The number of nitrogens with zero attached hydrogens (tertiary/aromatic N) is 2. The normalized spacial score (nSPS) is 12.5. The Labute approximate surface area is 286 Å². The van der Waals surface area contributed by atoms with Gasteiger partial charge in [0.1, 0.15) is 18.4 Å². The fraction of sp³-hybridized carbons (Fsp3) is 0.278. The number of carbonyl (C=O) groups excluding carboxylic acids is 2. The van der Waals surface area contributed by atoms with E-state index in [9.17, 15) is 18.0 Å². The molecular formula is C36H39ClFN3O6S. The van der Waals surface area contributed by atoms with E-state index in [4.69, 9.17) is 21.1 Å². The molecule has 0 aliphatic carbocycles. The Kier molecular flexibility index (Phi) is 12.4. The van der Waals surface area contributed by atoms with E-state index in [0.29, 0.717) is 17.2 Å². The van der Waals surface area contributed by atoms with Crippen LogP contribution in [0.25, 0.3) is 0 Å². The van der Waals surface area contributed by atoms with Crippen LogP contribution in [0.3, 0.4) is 0 Å². The van der Waals surface area contributed by atoms with Gasteiger partial charge in [-0.05, 0) is 61.4 Å². The molecule has 0 fully saturated rings. The molecule has 0 unspecified atom stereocenters. The molecule has 4 aromatic carbocycles. The number of ether oxygens (including phenoxy) is 2. The second-order valence-corrected chi connectivity index (χ2v) is 13.4. The third-order valence-electron chi connectivity index (χ3n) is 7.91. The number of sulfonamides is 1. The van der Waals surface area contributed by atoms with Crippen LogP contribution in [0.1, 0.15) is 31.4 Å². The summed E-state index contributed by atoms with van der Waals surface area (Å²) in [6.07, 6.45) is 0.742. The van der Waals surface area contributed by atoms with Crippen molar-refractivity contribution >= 4 is 39.1 Å². The zero-order valence-electron chi connectivity index (χ0n) is 27.2. The molecule has 9 nitrogen and oxygen atoms in total. The first kappa shape index (κ1) is 36.2. The minimum Gasteiger partial charge on any atom is -0.493 e. The Morgan fingerprint density at radius 3 is 2.17 bits per heavy atom. The summed E-state index contributed by atoms with van der Waals surface area (Å²) in [5, 5.41) is 3.32. The maximum absolute atomic E-state index is 15.1. The van der Waals surface area contributed by atoms with E-state index < -0.39 is 40.2 Å². The van der Waals surface area contributed by atoms with Crippen LogP contribution >= 0.6 is 11.6 Å². The molecule has 0 aromatic heterocycles. The van der Waals surface area contributed by atoms with Crippen LogP contribution < -0.4 is 19.1 Å². The van der Waals surface area contributed by atoms with Gasteiger partial charge in [-0.2, -0.15) is 0 Å². The van der Waals surface area contributed by atoms with E-state index in [0.717, 1.165) is 9.87 Å². The molecule has 0 saturated carbocycles. The lowest BCUT2D eigenvalue weighted by molar-refractivity contribution is -0.140. The van der Waals surface area contributed by atoms with Crippen LogP contribution in [0.2, 0.25) is 5.02 Å². The Hall–Kier alpha value is -4.61. The second-order valence-electron chi connectivity index (χ2n) is 11.1. The second kappa shape index (κ2) is 16.5. The SMILES string of the molecule is CC[C@H](C)NC(=O)[C@@H](Cc1ccccc1)N(Cc1ccccc1F)C(=O)CN(c1ccc(Cl)cc1)S(=O)(=O)c1ccc(OC)c(OC)c1. The van der Waals surface area contributed by atoms with Crippen molar-refractivity contribution in [3.8, 4) is 11.5 Å². The summed E-state index contributed by atoms with van der Waals surface area (Å²) in [7, 11) is -1.62. The summed E-state index contributed by atoms with van der Waals surface area (Å²) >= 11 is 6.14. The maximum atomic E-state index is 15.1. The fourth-order valence-corrected chi connectivity index (χ4v) is 6.60. The van der Waals surface area contributed by atoms with Gasteiger partial charge in [0.25, 0.3) is 10.0 Å². The van der Waals surface area contributed by atoms with Crippen molar-refractivity contribution in [1.82, 2.24) is 10.2 Å². The Morgan fingerprint density at radius 1 is 0.896 bits per heavy atom. The quantitative estimate of drug-likeness (QED) is 0.158. The van der Waals surface area contributed by atoms with Crippen LogP contribution in [0.4, 0.5) is 10.1 Å². The summed E-state index contributed by atoms with van der Waals surface area (Å²) < 4.78 is 55.3. The minimum atomic E-state index is -4.43. The molecule has 0 spiro atoms. The molecule has 48 heavy (non-hydrogen) atoms. The first-order chi connectivity index (χ1) is 23.0. The highest BCUT2D eigenvalue weighted by atomic mass is 35.5. The lowest BCUT2D eigenvalue weighted by Gasteiger charge is -2.34. The van der Waals surface area contributed by atoms with Crippen molar-refractivity contribution in [3.05, 3.63) is 119 Å². The van der Waals surface area contributed by atoms with Crippen LogP contribution in [-0.4, -0.2) is 58.0 Å². The smallest absolute Gasteiger partial charge is 0.264 e. The molecule has 0 aliphatic rings. The average Bonchev–Trinajstić information content (AvgIpc) is 3.09. The molecule has 0 aliphatic heterocycles. The zero-order chi connectivity index (χ0) is 34.8. The number of benzene rings is 4. The van der Waals surface area contributed by atoms with E-state index in [1.165, 1.54) is 79.8 Å². The predicted octanol–water partition coefficient (Wildman–Crippen LogP) is 6.25. The molecule has 0 bridgehead atoms. The monoisotopic (exact) mass is 695 g/mol. The number of nitrogens with one attached hydrogen (secondary N) is 1. The third kappa shape index (κ3) is 8.84. The number of amides is 2. The van der Waals surface area contributed by atoms with Gasteiger partial charge in [-0.1, -0.05) is 67.1 Å². The minimum absolute atomic E-state index is 0.104. The topological polar surface area (TPSA) is 105 Å². The zero-order valence-corrected chi connectivity index (χ0v) is 28.8. The van der Waals surface area contributed by atoms with Gasteiger partial charge >= 0.3 is 0 Å². The Bertz CT molecular complexity index is 1810. The maximum Gasteiger partial charge on any atom is 0.264 e. The van der Waals surface area contributed by atoms with Gasteiger partial charge in [0, 0.05) is 35.7 Å². The third-order valence-corrected chi connectivity index (χ3v) is 9.93. The number of anilines is 1. The molecule has 0 radical (unpaired) electrons. The van der Waals surface area contributed by atoms with Crippen molar-refractivity contribution in [3.63, 3.8) is 0 Å². The van der Waals surface area contributed by atoms with Gasteiger partial charge in [-0.3, -0.25) is 13.9 Å². The molecule has 0 heterocycles. The van der Waals surface area contributed by atoms with Crippen molar-refractivity contribution < 1.29 is 31.9 Å². The molecule has 4 aromatic rings. The summed E-state index contributed by atoms with van der Waals surface area (Å²) in [5.41, 5.74) is 1.08. The molecule has 12 heteroatoms. The molecule has 254 valence electrons. The molecule has 4 rings (SSSR count). The summed E-state index contributed by atoms with van der Waals surface area (Å²) in [6.45, 7) is 2.76. The van der Waals surface area contributed by atoms with Gasteiger partial charge in [0.15, 0.2) is 11.5 Å². The van der Waals surface area contributed by atoms with Gasteiger partial charge in [0.2, 0.25) is 11.8 Å². The van der Waals surface area contributed by atoms with Crippen molar-refractivity contribution in [2.75, 3.05) is 25.1 Å². The van der Waals surface area contributed by atoms with Crippen molar-refractivity contribution in [2.45, 2.75) is 50.2 Å². The Balaban J connectivity index is 1.84. The molecular weight excluding hydrogens is 657 g/mol. The average molecular weight is 696 g/mol. The molecule has 2 atom stereocenters. The lowest BCUT2D eigenvalue weighted by atomic mass is 10.0. The summed E-state index contributed by atoms with van der Waals surface area (Å²) in [5.74, 6) is -1.25. The van der Waals surface area contributed by atoms with Crippen LogP contribution in [-0.2, 0) is 32.6 Å². The van der Waals surface area contributed by atoms with Gasteiger partial charge < -0.3 is 19.7 Å². The van der Waals surface area contributed by atoms with Crippen molar-refractivity contribution in [2.24, 2.45) is 0 Å². The summed E-state index contributed by atoms with van der Waals surface area (Å²) in [6, 6.07) is 23.8. The van der Waals surface area contributed by atoms with E-state index in [1.807, 2.05) is 44.2 Å². The van der Waals surface area contributed by atoms with Crippen LogP contribution in [0.15, 0.2) is 102 Å². The predicted molar refractivity (Wildman–Crippen MR) is 184 cm³/mol. The van der Waals surface area contributed by atoms with Gasteiger partial charge in [0.05, 0.1) is 24.8 Å². The van der Waals surface area contributed by atoms with Crippen molar-refractivity contribution in [1.29, 1.82) is 0 Å². The fourth-order valence-electron chi connectivity index (χ4n) is 5.05. The first-order valence-electron chi connectivity index (χ1n) is 15.4. The highest BCUT2D eigenvalue weighted by Crippen LogP contribution is 2.33. The first-order valence-corrected chi connectivity index (χ1v) is 17.2. The van der Waals surface area contributed by atoms with Crippen LogP contribution in [0, 0.1) is 5.82 Å².